The molecule has 0 saturated carbocycles. The Bertz CT molecular complexity index is 1810. The zero-order chi connectivity index (χ0) is 68.6. The Morgan fingerprint density at radius 1 is 0.312 bits per heavy atom. The Morgan fingerprint density at radius 2 is 0.548 bits per heavy atom. The van der Waals surface area contributed by atoms with Crippen LogP contribution in [0.3, 0.4) is 0 Å². The van der Waals surface area contributed by atoms with Crippen molar-refractivity contribution in [2.75, 3.05) is 39.6 Å². The van der Waals surface area contributed by atoms with Crippen LogP contribution in [0.5, 0.6) is 0 Å². The summed E-state index contributed by atoms with van der Waals surface area (Å²) in [6.07, 6.45) is 52.5. The maximum Gasteiger partial charge on any atom is 0.472 e. The molecule has 0 saturated heterocycles. The van der Waals surface area contributed by atoms with Crippen molar-refractivity contribution < 1.29 is 80.2 Å². The summed E-state index contributed by atoms with van der Waals surface area (Å²) < 4.78 is 68.5. The molecule has 552 valence electrons. The molecular weight excluding hydrogens is 1220 g/mol. The van der Waals surface area contributed by atoms with Gasteiger partial charge in [-0.15, -0.1) is 0 Å². The molecule has 0 radical (unpaired) electrons. The number of ether oxygens (including phenoxy) is 4. The molecule has 0 heterocycles. The number of hydrogen-bond acceptors (Lipinski definition) is 15. The molecule has 0 fully saturated rings. The van der Waals surface area contributed by atoms with Crippen LogP contribution in [-0.2, 0) is 65.4 Å². The third-order valence-electron chi connectivity index (χ3n) is 17.6. The van der Waals surface area contributed by atoms with Crippen LogP contribution in [0.4, 0.5) is 0 Å². The van der Waals surface area contributed by atoms with E-state index in [1.165, 1.54) is 199 Å². The number of aliphatic hydroxyl groups excluding tert-OH is 1. The number of esters is 4. The lowest BCUT2D eigenvalue weighted by Gasteiger charge is -2.21. The SMILES string of the molecule is CCCCCCCCCCCCCCCCCCC(=O)O[C@H](COC(=O)CCCCCCCCCCCCC(C)CC)COP(=O)(O)OC[C@@H](O)COP(=O)(O)OC[C@@H](COC(=O)CCCCCCCCCCCC)OC(=O)CCCCCCCCCCCCC(C)C. The van der Waals surface area contributed by atoms with E-state index in [1.54, 1.807) is 0 Å². The molecule has 0 aromatic carbocycles. The molecule has 0 amide bonds. The highest BCUT2D eigenvalue weighted by molar-refractivity contribution is 7.47. The Morgan fingerprint density at radius 3 is 0.817 bits per heavy atom. The smallest absolute Gasteiger partial charge is 0.462 e. The first-order valence-electron chi connectivity index (χ1n) is 38.5. The number of carbonyl (C=O) groups is 4. The largest absolute Gasteiger partial charge is 0.472 e. The highest BCUT2D eigenvalue weighted by Crippen LogP contribution is 2.45. The van der Waals surface area contributed by atoms with Crippen LogP contribution in [0.25, 0.3) is 0 Å². The van der Waals surface area contributed by atoms with Crippen molar-refractivity contribution in [3.8, 4) is 0 Å². The normalized spacial score (nSPS) is 14.3. The van der Waals surface area contributed by atoms with Gasteiger partial charge in [-0.3, -0.25) is 37.3 Å². The highest BCUT2D eigenvalue weighted by Gasteiger charge is 2.30. The van der Waals surface area contributed by atoms with Crippen molar-refractivity contribution in [3.63, 3.8) is 0 Å². The van der Waals surface area contributed by atoms with E-state index in [9.17, 15) is 43.2 Å². The van der Waals surface area contributed by atoms with Gasteiger partial charge in [-0.1, -0.05) is 330 Å². The Labute approximate surface area is 568 Å². The molecule has 0 bridgehead atoms. The summed E-state index contributed by atoms with van der Waals surface area (Å²) in [7, 11) is -9.91. The molecule has 0 aliphatic heterocycles. The van der Waals surface area contributed by atoms with Crippen molar-refractivity contribution >= 4 is 39.5 Å². The monoisotopic (exact) mass is 1370 g/mol. The standard InChI is InChI=1S/C74H144O17P2/c1-7-10-12-14-16-18-20-21-22-23-24-25-34-40-46-52-58-73(78)90-70(63-85-72(77)57-51-45-39-33-29-27-31-37-43-49-55-67(6)9-3)65-89-93(82,83)87-61-68(75)60-86-92(80,81)88-64-69(62-84-71(76)56-50-44-38-32-19-17-15-13-11-8-2)91-74(79)59-53-47-41-35-28-26-30-36-42-48-54-66(4)5/h66-70,75H,7-65H2,1-6H3,(H,80,81)(H,82,83)/t67?,68-,69+,70+/m0/s1. The second-order valence-corrected chi connectivity index (χ2v) is 30.3. The molecule has 0 spiro atoms. The zero-order valence-corrected chi connectivity index (χ0v) is 62.3. The molecule has 93 heavy (non-hydrogen) atoms. The Balaban J connectivity index is 5.26. The van der Waals surface area contributed by atoms with Crippen LogP contribution in [0.1, 0.15) is 382 Å². The van der Waals surface area contributed by atoms with Gasteiger partial charge in [0.05, 0.1) is 26.4 Å². The average molecular weight is 1370 g/mol. The predicted molar refractivity (Wildman–Crippen MR) is 377 cm³/mol. The summed E-state index contributed by atoms with van der Waals surface area (Å²) in [4.78, 5) is 72.7. The summed E-state index contributed by atoms with van der Waals surface area (Å²) in [5, 5.41) is 10.6. The van der Waals surface area contributed by atoms with Gasteiger partial charge in [0, 0.05) is 25.7 Å². The molecule has 3 N–H and O–H groups in total. The quantitative estimate of drug-likeness (QED) is 0.0222. The van der Waals surface area contributed by atoms with Crippen LogP contribution in [-0.4, -0.2) is 96.7 Å². The van der Waals surface area contributed by atoms with Gasteiger partial charge in [-0.25, -0.2) is 9.13 Å². The summed E-state index contributed by atoms with van der Waals surface area (Å²) in [5.74, 6) is -0.555. The molecule has 0 aromatic heterocycles. The highest BCUT2D eigenvalue weighted by atomic mass is 31.2. The fourth-order valence-electron chi connectivity index (χ4n) is 11.3. The van der Waals surface area contributed by atoms with E-state index in [4.69, 9.17) is 37.0 Å². The van der Waals surface area contributed by atoms with Crippen molar-refractivity contribution in [2.24, 2.45) is 11.8 Å². The third kappa shape index (κ3) is 67.0. The maximum absolute atomic E-state index is 13.1. The van der Waals surface area contributed by atoms with Gasteiger partial charge in [-0.05, 0) is 37.5 Å². The van der Waals surface area contributed by atoms with E-state index in [-0.39, 0.29) is 25.7 Å². The van der Waals surface area contributed by atoms with E-state index in [2.05, 4.69) is 41.5 Å². The fraction of sp³-hybridized carbons (Fsp3) is 0.946. The van der Waals surface area contributed by atoms with E-state index < -0.39 is 97.5 Å². The number of aliphatic hydroxyl groups is 1. The molecule has 0 aliphatic rings. The van der Waals surface area contributed by atoms with Gasteiger partial charge in [0.1, 0.15) is 19.3 Å². The van der Waals surface area contributed by atoms with E-state index in [0.29, 0.717) is 25.7 Å². The van der Waals surface area contributed by atoms with E-state index in [1.807, 2.05) is 0 Å². The topological polar surface area (TPSA) is 237 Å². The number of carbonyl (C=O) groups excluding carboxylic acids is 4. The minimum absolute atomic E-state index is 0.106. The minimum atomic E-state index is -4.96. The van der Waals surface area contributed by atoms with E-state index >= 15 is 0 Å². The number of rotatable bonds is 73. The second-order valence-electron chi connectivity index (χ2n) is 27.4. The van der Waals surface area contributed by atoms with Crippen molar-refractivity contribution in [2.45, 2.75) is 400 Å². The Hall–Kier alpha value is -1.94. The molecular formula is C74H144O17P2. The minimum Gasteiger partial charge on any atom is -0.462 e. The third-order valence-corrected chi connectivity index (χ3v) is 19.5. The first-order valence-corrected chi connectivity index (χ1v) is 41.5. The molecule has 0 rings (SSSR count). The molecule has 3 unspecified atom stereocenters. The fourth-order valence-corrected chi connectivity index (χ4v) is 12.8. The van der Waals surface area contributed by atoms with Crippen LogP contribution >= 0.6 is 15.6 Å². The number of phosphoric acid groups is 2. The molecule has 0 aromatic rings. The molecule has 19 heteroatoms. The van der Waals surface area contributed by atoms with Gasteiger partial charge < -0.3 is 33.8 Å². The number of hydrogen-bond donors (Lipinski definition) is 3. The van der Waals surface area contributed by atoms with Crippen LogP contribution in [0.2, 0.25) is 0 Å². The predicted octanol–water partition coefficient (Wildman–Crippen LogP) is 21.6. The van der Waals surface area contributed by atoms with Gasteiger partial charge >= 0.3 is 39.5 Å². The van der Waals surface area contributed by atoms with Crippen molar-refractivity contribution in [3.05, 3.63) is 0 Å². The number of phosphoric ester groups is 2. The lowest BCUT2D eigenvalue weighted by atomic mass is 9.99. The first-order chi connectivity index (χ1) is 44.9. The Kier molecular flexibility index (Phi) is 64.6. The molecule has 17 nitrogen and oxygen atoms in total. The van der Waals surface area contributed by atoms with Gasteiger partial charge in [0.15, 0.2) is 12.2 Å². The van der Waals surface area contributed by atoms with Crippen LogP contribution in [0.15, 0.2) is 0 Å². The van der Waals surface area contributed by atoms with Gasteiger partial charge in [0.2, 0.25) is 0 Å². The lowest BCUT2D eigenvalue weighted by Crippen LogP contribution is -2.30. The van der Waals surface area contributed by atoms with Gasteiger partial charge in [0.25, 0.3) is 0 Å². The summed E-state index contributed by atoms with van der Waals surface area (Å²) in [5.41, 5.74) is 0. The number of unbranched alkanes of at least 4 members (excludes halogenated alkanes) is 42. The summed E-state index contributed by atoms with van der Waals surface area (Å²) in [6.45, 7) is 9.60. The van der Waals surface area contributed by atoms with Crippen LogP contribution < -0.4 is 0 Å². The van der Waals surface area contributed by atoms with Gasteiger partial charge in [-0.2, -0.15) is 0 Å². The summed E-state index contributed by atoms with van der Waals surface area (Å²) in [6, 6.07) is 0. The van der Waals surface area contributed by atoms with Crippen LogP contribution in [0, 0.1) is 11.8 Å². The zero-order valence-electron chi connectivity index (χ0n) is 60.6. The summed E-state index contributed by atoms with van der Waals surface area (Å²) >= 11 is 0. The molecule has 0 aliphatic carbocycles. The first kappa shape index (κ1) is 91.1. The maximum atomic E-state index is 13.1. The second kappa shape index (κ2) is 66.0. The molecule has 6 atom stereocenters. The lowest BCUT2D eigenvalue weighted by molar-refractivity contribution is -0.161. The van der Waals surface area contributed by atoms with Crippen molar-refractivity contribution in [1.82, 2.24) is 0 Å². The van der Waals surface area contributed by atoms with E-state index in [0.717, 1.165) is 102 Å². The average Bonchev–Trinajstić information content (AvgIpc) is 2.22. The van der Waals surface area contributed by atoms with Crippen molar-refractivity contribution in [1.29, 1.82) is 0 Å².